The molecule has 0 radical (unpaired) electrons. The topological polar surface area (TPSA) is 92.9 Å². The second kappa shape index (κ2) is 4.42. The van der Waals surface area contributed by atoms with Gasteiger partial charge >= 0.3 is 6.03 Å². The molecule has 6 nitrogen and oxygen atoms in total. The van der Waals surface area contributed by atoms with Crippen LogP contribution in [0.1, 0.15) is 5.82 Å². The van der Waals surface area contributed by atoms with Gasteiger partial charge in [-0.15, -0.1) is 0 Å². The van der Waals surface area contributed by atoms with E-state index in [0.717, 1.165) is 5.39 Å². The van der Waals surface area contributed by atoms with E-state index in [9.17, 15) is 4.79 Å². The quantitative estimate of drug-likeness (QED) is 0.707. The molecular formula is C10H10ClN5O. The molecule has 0 aliphatic carbocycles. The molecule has 0 spiro atoms. The van der Waals surface area contributed by atoms with Gasteiger partial charge in [0.15, 0.2) is 5.82 Å². The molecule has 0 saturated heterocycles. The molecule has 88 valence electrons. The number of hydrazine groups is 1. The zero-order chi connectivity index (χ0) is 12.4. The third-order valence-electron chi connectivity index (χ3n) is 2.07. The van der Waals surface area contributed by atoms with Crippen LogP contribution in [0, 0.1) is 6.92 Å². The summed E-state index contributed by atoms with van der Waals surface area (Å²) in [6.07, 6.45) is 0. The Balaban J connectivity index is 2.50. The second-order valence-corrected chi connectivity index (χ2v) is 3.83. The minimum absolute atomic E-state index is 0.475. The Morgan fingerprint density at radius 3 is 2.88 bits per heavy atom. The first kappa shape index (κ1) is 11.4. The van der Waals surface area contributed by atoms with E-state index in [4.69, 9.17) is 17.3 Å². The Kier molecular flexibility index (Phi) is 2.97. The monoisotopic (exact) mass is 251 g/mol. The number of carbonyl (C=O) groups excluding carboxylic acids is 1. The van der Waals surface area contributed by atoms with Crippen molar-refractivity contribution in [1.29, 1.82) is 0 Å². The van der Waals surface area contributed by atoms with Crippen LogP contribution in [0.4, 0.5) is 10.6 Å². The molecule has 17 heavy (non-hydrogen) atoms. The van der Waals surface area contributed by atoms with Crippen LogP contribution in [0.15, 0.2) is 18.2 Å². The standard InChI is InChI=1S/C10H10ClN5O/c1-5-13-8-4-6(11)2-3-7(8)9(14-5)15-16-10(12)17/h2-4H,1H3,(H3,12,16,17)(H,13,14,15). The summed E-state index contributed by atoms with van der Waals surface area (Å²) in [7, 11) is 0. The summed E-state index contributed by atoms with van der Waals surface area (Å²) in [5.41, 5.74) is 10.6. The number of fused-ring (bicyclic) bond motifs is 1. The maximum atomic E-state index is 10.6. The summed E-state index contributed by atoms with van der Waals surface area (Å²) in [5.74, 6) is 1.04. The molecule has 1 aromatic carbocycles. The first-order chi connectivity index (χ1) is 8.06. The van der Waals surface area contributed by atoms with Crippen LogP contribution < -0.4 is 16.6 Å². The number of halogens is 1. The molecule has 1 aromatic heterocycles. The molecule has 2 aromatic rings. The highest BCUT2D eigenvalue weighted by Crippen LogP contribution is 2.22. The van der Waals surface area contributed by atoms with Crippen LogP contribution in [0.25, 0.3) is 10.9 Å². The highest BCUT2D eigenvalue weighted by Gasteiger charge is 2.06. The van der Waals surface area contributed by atoms with Gasteiger partial charge in [-0.3, -0.25) is 10.9 Å². The predicted molar refractivity (Wildman–Crippen MR) is 65.6 cm³/mol. The SMILES string of the molecule is Cc1nc(NNC(N)=O)c2ccc(Cl)cc2n1. The zero-order valence-electron chi connectivity index (χ0n) is 8.99. The maximum Gasteiger partial charge on any atom is 0.330 e. The average molecular weight is 252 g/mol. The fourth-order valence-corrected chi connectivity index (χ4v) is 1.60. The van der Waals surface area contributed by atoms with E-state index in [1.165, 1.54) is 0 Å². The molecular weight excluding hydrogens is 242 g/mol. The fourth-order valence-electron chi connectivity index (χ4n) is 1.43. The van der Waals surface area contributed by atoms with Crippen molar-refractivity contribution in [3.63, 3.8) is 0 Å². The molecule has 0 atom stereocenters. The lowest BCUT2D eigenvalue weighted by Crippen LogP contribution is -2.34. The molecule has 2 rings (SSSR count). The largest absolute Gasteiger partial charge is 0.350 e. The van der Waals surface area contributed by atoms with Crippen LogP contribution >= 0.6 is 11.6 Å². The Labute approximate surface area is 102 Å². The summed E-state index contributed by atoms with van der Waals surface area (Å²) in [5, 5.41) is 1.33. The van der Waals surface area contributed by atoms with Crippen molar-refractivity contribution in [2.45, 2.75) is 6.92 Å². The number of carbonyl (C=O) groups is 1. The minimum atomic E-state index is -0.691. The van der Waals surface area contributed by atoms with E-state index in [0.29, 0.717) is 22.2 Å². The van der Waals surface area contributed by atoms with Crippen molar-refractivity contribution in [2.24, 2.45) is 5.73 Å². The molecule has 0 bridgehead atoms. The number of urea groups is 1. The number of aryl methyl sites for hydroxylation is 1. The fraction of sp³-hybridized carbons (Fsp3) is 0.100. The van der Waals surface area contributed by atoms with Gasteiger partial charge in [0, 0.05) is 10.4 Å². The van der Waals surface area contributed by atoms with Gasteiger partial charge in [0.2, 0.25) is 0 Å². The first-order valence-electron chi connectivity index (χ1n) is 4.81. The number of benzene rings is 1. The van der Waals surface area contributed by atoms with Crippen LogP contribution in [0.3, 0.4) is 0 Å². The number of rotatable bonds is 2. The number of aromatic nitrogens is 2. The Bertz CT molecular complexity index is 581. The van der Waals surface area contributed by atoms with E-state index in [1.54, 1.807) is 25.1 Å². The molecule has 0 saturated carbocycles. The highest BCUT2D eigenvalue weighted by atomic mass is 35.5. The van der Waals surface area contributed by atoms with Crippen molar-refractivity contribution in [2.75, 3.05) is 5.43 Å². The van der Waals surface area contributed by atoms with Crippen LogP contribution in [0.2, 0.25) is 5.02 Å². The smallest absolute Gasteiger partial charge is 0.330 e. The molecule has 1 heterocycles. The molecule has 0 unspecified atom stereocenters. The van der Waals surface area contributed by atoms with E-state index < -0.39 is 6.03 Å². The zero-order valence-corrected chi connectivity index (χ0v) is 9.75. The van der Waals surface area contributed by atoms with E-state index in [2.05, 4.69) is 20.8 Å². The lowest BCUT2D eigenvalue weighted by Gasteiger charge is -2.09. The Hall–Kier alpha value is -2.08. The summed E-state index contributed by atoms with van der Waals surface area (Å²) in [6, 6.07) is 4.52. The van der Waals surface area contributed by atoms with Crippen molar-refractivity contribution in [1.82, 2.24) is 15.4 Å². The number of primary amides is 1. The summed E-state index contributed by atoms with van der Waals surface area (Å²) in [4.78, 5) is 19.0. The maximum absolute atomic E-state index is 10.6. The highest BCUT2D eigenvalue weighted by molar-refractivity contribution is 6.31. The number of nitrogens with one attached hydrogen (secondary N) is 2. The second-order valence-electron chi connectivity index (χ2n) is 3.40. The van der Waals surface area contributed by atoms with Gasteiger partial charge in [0.25, 0.3) is 0 Å². The average Bonchev–Trinajstić information content (AvgIpc) is 2.24. The van der Waals surface area contributed by atoms with Crippen molar-refractivity contribution >= 4 is 34.4 Å². The van der Waals surface area contributed by atoms with Gasteiger partial charge in [-0.1, -0.05) is 11.6 Å². The van der Waals surface area contributed by atoms with Crippen molar-refractivity contribution in [3.8, 4) is 0 Å². The van der Waals surface area contributed by atoms with Gasteiger partial charge in [-0.2, -0.15) is 0 Å². The minimum Gasteiger partial charge on any atom is -0.350 e. The van der Waals surface area contributed by atoms with Gasteiger partial charge in [-0.25, -0.2) is 14.8 Å². The number of hydrogen-bond acceptors (Lipinski definition) is 4. The molecule has 0 fully saturated rings. The molecule has 4 N–H and O–H groups in total. The molecule has 0 aliphatic rings. The Morgan fingerprint density at radius 1 is 1.41 bits per heavy atom. The third kappa shape index (κ3) is 2.54. The van der Waals surface area contributed by atoms with Crippen molar-refractivity contribution < 1.29 is 4.79 Å². The number of anilines is 1. The van der Waals surface area contributed by atoms with Gasteiger partial charge in [0.1, 0.15) is 5.82 Å². The van der Waals surface area contributed by atoms with Crippen LogP contribution in [-0.4, -0.2) is 16.0 Å². The summed E-state index contributed by atoms with van der Waals surface area (Å²) < 4.78 is 0. The summed E-state index contributed by atoms with van der Waals surface area (Å²) in [6.45, 7) is 1.75. The lowest BCUT2D eigenvalue weighted by molar-refractivity contribution is 0.250. The number of nitrogens with two attached hydrogens (primary N) is 1. The molecule has 0 aliphatic heterocycles. The predicted octanol–water partition coefficient (Wildman–Crippen LogP) is 1.59. The molecule has 7 heteroatoms. The van der Waals surface area contributed by atoms with E-state index in [-0.39, 0.29) is 0 Å². The summed E-state index contributed by atoms with van der Waals surface area (Å²) >= 11 is 5.88. The van der Waals surface area contributed by atoms with Crippen LogP contribution in [-0.2, 0) is 0 Å². The first-order valence-corrected chi connectivity index (χ1v) is 5.19. The van der Waals surface area contributed by atoms with E-state index >= 15 is 0 Å². The lowest BCUT2D eigenvalue weighted by atomic mass is 10.2. The van der Waals surface area contributed by atoms with Gasteiger partial charge < -0.3 is 5.73 Å². The normalized spacial score (nSPS) is 10.2. The van der Waals surface area contributed by atoms with Crippen LogP contribution in [0.5, 0.6) is 0 Å². The Morgan fingerprint density at radius 2 is 2.18 bits per heavy atom. The molecule has 2 amide bonds. The number of amides is 2. The number of nitrogens with zero attached hydrogens (tertiary/aromatic N) is 2. The third-order valence-corrected chi connectivity index (χ3v) is 2.31. The van der Waals surface area contributed by atoms with E-state index in [1.807, 2.05) is 0 Å². The number of hydrogen-bond donors (Lipinski definition) is 3. The van der Waals surface area contributed by atoms with Gasteiger partial charge in [0.05, 0.1) is 5.52 Å². The van der Waals surface area contributed by atoms with Crippen molar-refractivity contribution in [3.05, 3.63) is 29.0 Å². The van der Waals surface area contributed by atoms with Gasteiger partial charge in [-0.05, 0) is 25.1 Å².